The summed E-state index contributed by atoms with van der Waals surface area (Å²) in [5.74, 6) is 1.53. The highest BCUT2D eigenvalue weighted by molar-refractivity contribution is 5.75. The topological polar surface area (TPSA) is 50.2 Å². The summed E-state index contributed by atoms with van der Waals surface area (Å²) in [4.78, 5) is 19.0. The average Bonchev–Trinajstić information content (AvgIpc) is 3.23. The minimum atomic E-state index is 0.0808. The molecule has 1 saturated heterocycles. The molecule has 1 aromatic heterocycles. The van der Waals surface area contributed by atoms with Crippen LogP contribution in [0.2, 0.25) is 0 Å². The van der Waals surface area contributed by atoms with Gasteiger partial charge in [-0.1, -0.05) is 23.8 Å². The molecule has 1 fully saturated rings. The lowest BCUT2D eigenvalue weighted by molar-refractivity contribution is 0.201. The number of imidazole rings is 1. The average molecular weight is 338 g/mol. The largest absolute Gasteiger partial charge is 0.335 e. The quantitative estimate of drug-likeness (QED) is 0.915. The molecule has 1 aromatic carbocycles. The maximum atomic E-state index is 12.7. The van der Waals surface area contributed by atoms with Gasteiger partial charge in [-0.3, -0.25) is 0 Å². The van der Waals surface area contributed by atoms with Gasteiger partial charge in [0.15, 0.2) is 0 Å². The zero-order chi connectivity index (χ0) is 17.4. The Hall–Kier alpha value is -2.30. The zero-order valence-corrected chi connectivity index (χ0v) is 15.0. The van der Waals surface area contributed by atoms with E-state index in [1.807, 2.05) is 17.3 Å². The number of nitrogens with zero attached hydrogens (tertiary/aromatic N) is 3. The Bertz CT molecular complexity index is 782. The molecule has 132 valence electrons. The van der Waals surface area contributed by atoms with Crippen LogP contribution in [-0.2, 0) is 13.0 Å². The van der Waals surface area contributed by atoms with Gasteiger partial charge in [0, 0.05) is 50.4 Å². The molecule has 5 heteroatoms. The number of aromatic nitrogens is 2. The Morgan fingerprint density at radius 2 is 2.12 bits per heavy atom. The summed E-state index contributed by atoms with van der Waals surface area (Å²) < 4.78 is 2.18. The Balaban J connectivity index is 1.36. The predicted octanol–water partition coefficient (Wildman–Crippen LogP) is 3.01. The first-order chi connectivity index (χ1) is 12.1. The van der Waals surface area contributed by atoms with Crippen molar-refractivity contribution in [2.45, 2.75) is 51.6 Å². The first-order valence-corrected chi connectivity index (χ1v) is 9.23. The van der Waals surface area contributed by atoms with Gasteiger partial charge in [-0.15, -0.1) is 0 Å². The predicted molar refractivity (Wildman–Crippen MR) is 97.7 cm³/mol. The maximum absolute atomic E-state index is 12.7. The molecule has 2 amide bonds. The molecule has 0 spiro atoms. The smallest absolute Gasteiger partial charge is 0.317 e. The second kappa shape index (κ2) is 6.54. The van der Waals surface area contributed by atoms with Crippen LogP contribution in [0.3, 0.4) is 0 Å². The van der Waals surface area contributed by atoms with Gasteiger partial charge >= 0.3 is 6.03 Å². The van der Waals surface area contributed by atoms with E-state index in [1.54, 1.807) is 0 Å². The van der Waals surface area contributed by atoms with Crippen LogP contribution in [0, 0.1) is 13.8 Å². The molecule has 2 unspecified atom stereocenters. The van der Waals surface area contributed by atoms with Gasteiger partial charge < -0.3 is 14.8 Å². The van der Waals surface area contributed by atoms with Crippen LogP contribution in [0.5, 0.6) is 0 Å². The second-order valence-corrected chi connectivity index (χ2v) is 7.47. The van der Waals surface area contributed by atoms with Gasteiger partial charge in [-0.25, -0.2) is 9.78 Å². The Morgan fingerprint density at radius 3 is 2.96 bits per heavy atom. The number of carbonyl (C=O) groups excluding carboxylic acids is 1. The monoisotopic (exact) mass is 338 g/mol. The fourth-order valence-corrected chi connectivity index (χ4v) is 4.22. The zero-order valence-electron chi connectivity index (χ0n) is 15.0. The van der Waals surface area contributed by atoms with E-state index in [4.69, 9.17) is 0 Å². The van der Waals surface area contributed by atoms with Crippen LogP contribution in [0.4, 0.5) is 4.79 Å². The van der Waals surface area contributed by atoms with Gasteiger partial charge in [0.2, 0.25) is 0 Å². The van der Waals surface area contributed by atoms with E-state index in [-0.39, 0.29) is 12.1 Å². The van der Waals surface area contributed by atoms with Crippen LogP contribution < -0.4 is 5.32 Å². The number of rotatable bonds is 2. The Morgan fingerprint density at radius 1 is 1.24 bits per heavy atom. The van der Waals surface area contributed by atoms with Crippen molar-refractivity contribution in [2.75, 3.05) is 13.1 Å². The fraction of sp³-hybridized carbons (Fsp3) is 0.500. The van der Waals surface area contributed by atoms with Crippen molar-refractivity contribution in [3.8, 4) is 0 Å². The molecule has 25 heavy (non-hydrogen) atoms. The molecule has 2 aliphatic heterocycles. The lowest BCUT2D eigenvalue weighted by Gasteiger charge is -2.27. The summed E-state index contributed by atoms with van der Waals surface area (Å²) >= 11 is 0. The van der Waals surface area contributed by atoms with E-state index in [0.717, 1.165) is 44.7 Å². The third kappa shape index (κ3) is 3.28. The number of amides is 2. The lowest BCUT2D eigenvalue weighted by Crippen LogP contribution is -2.46. The summed E-state index contributed by atoms with van der Waals surface area (Å²) in [6, 6.07) is 6.93. The second-order valence-electron chi connectivity index (χ2n) is 7.47. The molecule has 4 rings (SSSR count). The van der Waals surface area contributed by atoms with E-state index in [9.17, 15) is 4.79 Å². The van der Waals surface area contributed by atoms with E-state index < -0.39 is 0 Å². The van der Waals surface area contributed by atoms with Gasteiger partial charge in [0.1, 0.15) is 5.82 Å². The molecule has 2 aliphatic rings. The molecule has 0 aliphatic carbocycles. The summed E-state index contributed by atoms with van der Waals surface area (Å²) in [6.45, 7) is 6.89. The number of aryl methyl sites for hydroxylation is 3. The van der Waals surface area contributed by atoms with Crippen molar-refractivity contribution in [1.82, 2.24) is 19.8 Å². The van der Waals surface area contributed by atoms with Crippen molar-refractivity contribution >= 4 is 6.03 Å². The molecule has 3 heterocycles. The molecule has 5 nitrogen and oxygen atoms in total. The van der Waals surface area contributed by atoms with Crippen molar-refractivity contribution in [3.05, 3.63) is 53.1 Å². The van der Waals surface area contributed by atoms with Gasteiger partial charge in [-0.2, -0.15) is 0 Å². The lowest BCUT2D eigenvalue weighted by atomic mass is 9.93. The molecule has 1 N–H and O–H groups in total. The summed E-state index contributed by atoms with van der Waals surface area (Å²) in [5, 5.41) is 3.22. The Labute approximate surface area is 149 Å². The third-order valence-corrected chi connectivity index (χ3v) is 5.62. The number of carbonyl (C=O) groups is 1. The standard InChI is InChI=1S/C20H26N4O/c1-14-3-4-18(15(2)11-14)16-5-8-24(13-16)20(25)22-17-6-9-23-10-7-21-19(23)12-17/h3-4,7,10-11,16-17H,5-6,8-9,12-13H2,1-2H3,(H,22,25). The van der Waals surface area contributed by atoms with Crippen LogP contribution in [0.25, 0.3) is 0 Å². The van der Waals surface area contributed by atoms with E-state index in [2.05, 4.69) is 46.9 Å². The fourth-order valence-electron chi connectivity index (χ4n) is 4.22. The SMILES string of the molecule is Cc1ccc(C2CCN(C(=O)NC3CCn4ccnc4C3)C2)c(C)c1. The molecule has 2 atom stereocenters. The number of urea groups is 1. The summed E-state index contributed by atoms with van der Waals surface area (Å²) in [5.41, 5.74) is 4.02. The molecule has 0 saturated carbocycles. The number of likely N-dealkylation sites (tertiary alicyclic amines) is 1. The number of hydrogen-bond acceptors (Lipinski definition) is 2. The number of fused-ring (bicyclic) bond motifs is 1. The highest BCUT2D eigenvalue weighted by Gasteiger charge is 2.30. The summed E-state index contributed by atoms with van der Waals surface area (Å²) in [7, 11) is 0. The van der Waals surface area contributed by atoms with E-state index >= 15 is 0 Å². The third-order valence-electron chi connectivity index (χ3n) is 5.62. The van der Waals surface area contributed by atoms with Crippen molar-refractivity contribution in [3.63, 3.8) is 0 Å². The van der Waals surface area contributed by atoms with E-state index in [0.29, 0.717) is 5.92 Å². The van der Waals surface area contributed by atoms with E-state index in [1.165, 1.54) is 16.7 Å². The summed E-state index contributed by atoms with van der Waals surface area (Å²) in [6.07, 6.45) is 6.71. The van der Waals surface area contributed by atoms with Crippen LogP contribution in [0.1, 0.15) is 41.3 Å². The molecule has 2 aromatic rings. The van der Waals surface area contributed by atoms with Crippen LogP contribution in [-0.4, -0.2) is 39.6 Å². The number of benzene rings is 1. The molecule has 0 radical (unpaired) electrons. The van der Waals surface area contributed by atoms with Crippen molar-refractivity contribution in [2.24, 2.45) is 0 Å². The minimum absolute atomic E-state index is 0.0808. The van der Waals surface area contributed by atoms with Crippen LogP contribution in [0.15, 0.2) is 30.6 Å². The first-order valence-electron chi connectivity index (χ1n) is 9.23. The van der Waals surface area contributed by atoms with Crippen molar-refractivity contribution in [1.29, 1.82) is 0 Å². The van der Waals surface area contributed by atoms with Crippen LogP contribution >= 0.6 is 0 Å². The van der Waals surface area contributed by atoms with Gasteiger partial charge in [-0.05, 0) is 37.8 Å². The molecular weight excluding hydrogens is 312 g/mol. The Kier molecular flexibility index (Phi) is 4.24. The highest BCUT2D eigenvalue weighted by Crippen LogP contribution is 2.30. The first kappa shape index (κ1) is 16.2. The maximum Gasteiger partial charge on any atom is 0.317 e. The normalized spacial score (nSPS) is 22.7. The highest BCUT2D eigenvalue weighted by atomic mass is 16.2. The molecular formula is C20H26N4O. The minimum Gasteiger partial charge on any atom is -0.335 e. The van der Waals surface area contributed by atoms with Gasteiger partial charge in [0.05, 0.1) is 0 Å². The van der Waals surface area contributed by atoms with Crippen molar-refractivity contribution < 1.29 is 4.79 Å². The number of hydrogen-bond donors (Lipinski definition) is 1. The number of nitrogens with one attached hydrogen (secondary N) is 1. The van der Waals surface area contributed by atoms with Gasteiger partial charge in [0.25, 0.3) is 0 Å². The molecule has 0 bridgehead atoms.